The number of ether oxygens (including phenoxy) is 1. The van der Waals surface area contributed by atoms with Gasteiger partial charge in [0.2, 0.25) is 0 Å². The van der Waals surface area contributed by atoms with E-state index in [4.69, 9.17) is 16.3 Å². The van der Waals surface area contributed by atoms with Crippen LogP contribution in [0, 0.1) is 0 Å². The Morgan fingerprint density at radius 2 is 2.33 bits per heavy atom. The molecule has 0 saturated carbocycles. The summed E-state index contributed by atoms with van der Waals surface area (Å²) in [6, 6.07) is 1.75. The monoisotopic (exact) mass is 227 g/mol. The summed E-state index contributed by atoms with van der Waals surface area (Å²) in [7, 11) is 1.58. The van der Waals surface area contributed by atoms with Gasteiger partial charge in [-0.1, -0.05) is 11.6 Å². The Kier molecular flexibility index (Phi) is 3.97. The molecule has 0 fully saturated rings. The van der Waals surface area contributed by atoms with Crippen LogP contribution in [0.4, 0.5) is 0 Å². The van der Waals surface area contributed by atoms with E-state index in [9.17, 15) is 4.79 Å². The molecule has 0 atom stereocenters. The zero-order valence-electron chi connectivity index (χ0n) is 9.08. The van der Waals surface area contributed by atoms with Gasteiger partial charge in [0.15, 0.2) is 0 Å². The molecule has 0 saturated heterocycles. The van der Waals surface area contributed by atoms with E-state index in [1.807, 2.05) is 13.0 Å². The van der Waals surface area contributed by atoms with Gasteiger partial charge >= 0.3 is 0 Å². The molecule has 15 heavy (non-hydrogen) atoms. The maximum atomic E-state index is 11.0. The van der Waals surface area contributed by atoms with E-state index < -0.39 is 0 Å². The van der Waals surface area contributed by atoms with Crippen LogP contribution in [0.3, 0.4) is 0 Å². The molecule has 1 aromatic rings. The molecule has 0 aliphatic rings. The fourth-order valence-corrected chi connectivity index (χ4v) is 1.69. The van der Waals surface area contributed by atoms with Crippen molar-refractivity contribution in [1.82, 2.24) is 4.57 Å². The van der Waals surface area contributed by atoms with E-state index in [1.165, 1.54) is 0 Å². The number of allylic oxidation sites excluding steroid dienone is 1. The Balaban J connectivity index is 3.14. The first-order chi connectivity index (χ1) is 7.10. The van der Waals surface area contributed by atoms with Crippen molar-refractivity contribution < 1.29 is 9.53 Å². The Morgan fingerprint density at radius 3 is 2.80 bits per heavy atom. The van der Waals surface area contributed by atoms with E-state index in [-0.39, 0.29) is 5.78 Å². The molecule has 82 valence electrons. The number of nitrogens with zero attached hydrogens (tertiary/aromatic N) is 1. The van der Waals surface area contributed by atoms with Crippen LogP contribution < -0.4 is 0 Å². The second-order valence-corrected chi connectivity index (χ2v) is 3.61. The Morgan fingerprint density at radius 1 is 1.67 bits per heavy atom. The summed E-state index contributed by atoms with van der Waals surface area (Å²) in [5.74, 6) is 0.751. The van der Waals surface area contributed by atoms with Crippen LogP contribution in [-0.2, 0) is 16.1 Å². The number of carbonyl (C=O) groups excluding carboxylic acids is 1. The molecule has 1 heterocycles. The lowest BCUT2D eigenvalue weighted by Gasteiger charge is -2.10. The second kappa shape index (κ2) is 5.03. The van der Waals surface area contributed by atoms with Crippen LogP contribution in [0.5, 0.6) is 0 Å². The van der Waals surface area contributed by atoms with Gasteiger partial charge in [-0.25, -0.2) is 0 Å². The maximum absolute atomic E-state index is 11.0. The van der Waals surface area contributed by atoms with Crippen LogP contribution >= 0.6 is 11.6 Å². The SMILES string of the molecule is CC=C(OC)c1c(Cl)ccn1CC(C)=O. The average Bonchev–Trinajstić information content (AvgIpc) is 2.51. The van der Waals surface area contributed by atoms with Crippen LogP contribution in [0.25, 0.3) is 5.76 Å². The first-order valence-corrected chi connectivity index (χ1v) is 5.02. The highest BCUT2D eigenvalue weighted by Crippen LogP contribution is 2.25. The van der Waals surface area contributed by atoms with Gasteiger partial charge < -0.3 is 9.30 Å². The minimum Gasteiger partial charge on any atom is -0.495 e. The molecule has 0 radical (unpaired) electrons. The molecular weight excluding hydrogens is 214 g/mol. The van der Waals surface area contributed by atoms with E-state index in [1.54, 1.807) is 30.9 Å². The number of methoxy groups -OCH3 is 1. The van der Waals surface area contributed by atoms with Gasteiger partial charge in [-0.15, -0.1) is 0 Å². The lowest BCUT2D eigenvalue weighted by atomic mass is 10.3. The largest absolute Gasteiger partial charge is 0.495 e. The number of halogens is 1. The molecule has 0 aliphatic heterocycles. The van der Waals surface area contributed by atoms with Crippen molar-refractivity contribution in [3.63, 3.8) is 0 Å². The number of hydrogen-bond donors (Lipinski definition) is 0. The number of ketones is 1. The number of rotatable bonds is 4. The molecule has 0 unspecified atom stereocenters. The van der Waals surface area contributed by atoms with Gasteiger partial charge in [0.1, 0.15) is 17.2 Å². The van der Waals surface area contributed by atoms with Crippen LogP contribution in [0.2, 0.25) is 5.02 Å². The number of carbonyl (C=O) groups is 1. The predicted octanol–water partition coefficient (Wildman–Crippen LogP) is 2.74. The van der Waals surface area contributed by atoms with Gasteiger partial charge in [-0.05, 0) is 26.0 Å². The van der Waals surface area contributed by atoms with Crippen LogP contribution in [0.15, 0.2) is 18.3 Å². The van der Waals surface area contributed by atoms with Crippen molar-refractivity contribution in [1.29, 1.82) is 0 Å². The summed E-state index contributed by atoms with van der Waals surface area (Å²) in [6.45, 7) is 3.71. The molecular formula is C11H14ClNO2. The molecule has 0 aromatic carbocycles. The van der Waals surface area contributed by atoms with E-state index in [0.29, 0.717) is 17.3 Å². The Bertz CT molecular complexity index is 393. The zero-order valence-corrected chi connectivity index (χ0v) is 9.84. The van der Waals surface area contributed by atoms with Gasteiger partial charge in [-0.2, -0.15) is 0 Å². The molecule has 0 bridgehead atoms. The van der Waals surface area contributed by atoms with Crippen molar-refractivity contribution in [3.8, 4) is 0 Å². The Hall–Kier alpha value is -1.22. The first kappa shape index (κ1) is 11.9. The van der Waals surface area contributed by atoms with Gasteiger partial charge in [-0.3, -0.25) is 4.79 Å². The van der Waals surface area contributed by atoms with Crippen molar-refractivity contribution in [3.05, 3.63) is 29.1 Å². The zero-order chi connectivity index (χ0) is 11.4. The summed E-state index contributed by atoms with van der Waals surface area (Å²) in [5, 5.41) is 0.589. The molecule has 1 aromatic heterocycles. The molecule has 4 heteroatoms. The highest BCUT2D eigenvalue weighted by atomic mass is 35.5. The number of hydrogen-bond acceptors (Lipinski definition) is 2. The van der Waals surface area contributed by atoms with E-state index in [2.05, 4.69) is 0 Å². The highest BCUT2D eigenvalue weighted by molar-refractivity contribution is 6.32. The lowest BCUT2D eigenvalue weighted by molar-refractivity contribution is -0.117. The summed E-state index contributed by atoms with van der Waals surface area (Å²) in [4.78, 5) is 11.0. The van der Waals surface area contributed by atoms with Gasteiger partial charge in [0, 0.05) is 6.20 Å². The third-order valence-corrected chi connectivity index (χ3v) is 2.33. The molecule has 0 N–H and O–H groups in total. The fraction of sp³-hybridized carbons (Fsp3) is 0.364. The first-order valence-electron chi connectivity index (χ1n) is 4.65. The normalized spacial score (nSPS) is 11.6. The van der Waals surface area contributed by atoms with Crippen molar-refractivity contribution in [2.24, 2.45) is 0 Å². The number of Topliss-reactive ketones (excluding diaryl/α,β-unsaturated/α-hetero) is 1. The van der Waals surface area contributed by atoms with Crippen molar-refractivity contribution in [2.75, 3.05) is 7.11 Å². The summed E-state index contributed by atoms with van der Waals surface area (Å²) >= 11 is 6.03. The lowest BCUT2D eigenvalue weighted by Crippen LogP contribution is -2.08. The quantitative estimate of drug-likeness (QED) is 0.741. The third-order valence-electron chi connectivity index (χ3n) is 2.02. The molecule has 0 spiro atoms. The standard InChI is InChI=1S/C11H14ClNO2/c1-4-10(15-3)11-9(12)5-6-13(11)7-8(2)14/h4-6H,7H2,1-3H3. The highest BCUT2D eigenvalue weighted by Gasteiger charge is 2.13. The molecule has 0 aliphatic carbocycles. The minimum atomic E-state index is 0.0788. The average molecular weight is 228 g/mol. The smallest absolute Gasteiger partial charge is 0.149 e. The maximum Gasteiger partial charge on any atom is 0.149 e. The summed E-state index contributed by atoms with van der Waals surface area (Å²) < 4.78 is 6.97. The second-order valence-electron chi connectivity index (χ2n) is 3.20. The van der Waals surface area contributed by atoms with E-state index in [0.717, 1.165) is 5.69 Å². The minimum absolute atomic E-state index is 0.0788. The van der Waals surface area contributed by atoms with Gasteiger partial charge in [0.05, 0.1) is 18.7 Å². The summed E-state index contributed by atoms with van der Waals surface area (Å²) in [5.41, 5.74) is 0.747. The summed E-state index contributed by atoms with van der Waals surface area (Å²) in [6.07, 6.45) is 3.60. The molecule has 0 amide bonds. The topological polar surface area (TPSA) is 31.2 Å². The van der Waals surface area contributed by atoms with E-state index >= 15 is 0 Å². The van der Waals surface area contributed by atoms with Crippen molar-refractivity contribution >= 4 is 23.1 Å². The molecule has 1 rings (SSSR count). The fourth-order valence-electron chi connectivity index (χ4n) is 1.43. The van der Waals surface area contributed by atoms with Crippen molar-refractivity contribution in [2.45, 2.75) is 20.4 Å². The van der Waals surface area contributed by atoms with Crippen LogP contribution in [-0.4, -0.2) is 17.5 Å². The number of aromatic nitrogens is 1. The Labute approximate surface area is 94.3 Å². The predicted molar refractivity (Wildman–Crippen MR) is 60.8 cm³/mol. The van der Waals surface area contributed by atoms with Gasteiger partial charge in [0.25, 0.3) is 0 Å². The molecule has 3 nitrogen and oxygen atoms in total. The van der Waals surface area contributed by atoms with Crippen LogP contribution in [0.1, 0.15) is 19.5 Å². The third kappa shape index (κ3) is 2.63.